The second-order valence-corrected chi connectivity index (χ2v) is 9.99. The predicted octanol–water partition coefficient (Wildman–Crippen LogP) is 5.82. The number of carbonyl (C=O) groups is 1. The van der Waals surface area contributed by atoms with Gasteiger partial charge in [0.25, 0.3) is 5.91 Å². The summed E-state index contributed by atoms with van der Waals surface area (Å²) in [4.78, 5) is 18.3. The Hall–Kier alpha value is -4.15. The topological polar surface area (TPSA) is 91.4 Å². The molecule has 1 N–H and O–H groups in total. The Balaban J connectivity index is 1.47. The molecule has 1 aliphatic heterocycles. The molecule has 0 spiro atoms. The van der Waals surface area contributed by atoms with Gasteiger partial charge in [-0.15, -0.1) is 0 Å². The van der Waals surface area contributed by atoms with Gasteiger partial charge in [-0.05, 0) is 47.7 Å². The SMILES string of the molecule is CC1COCC(C)C1Nc1ccc(-c2ccnc3cc(-c4ccc(C(=O)N(C)C)cc4)oc23)cc1C#N. The molecule has 1 amide bonds. The average molecular weight is 495 g/mol. The van der Waals surface area contributed by atoms with Crippen LogP contribution in [0.1, 0.15) is 29.8 Å². The summed E-state index contributed by atoms with van der Waals surface area (Å²) in [6.07, 6.45) is 1.75. The Morgan fingerprint density at radius 2 is 1.73 bits per heavy atom. The third-order valence-corrected chi connectivity index (χ3v) is 7.00. The first-order chi connectivity index (χ1) is 17.9. The van der Waals surface area contributed by atoms with E-state index in [1.165, 1.54) is 0 Å². The molecule has 1 aliphatic rings. The van der Waals surface area contributed by atoms with Crippen molar-refractivity contribution in [2.24, 2.45) is 11.8 Å². The Bertz CT molecular complexity index is 1470. The molecule has 7 nitrogen and oxygen atoms in total. The number of rotatable bonds is 5. The molecule has 2 aromatic heterocycles. The van der Waals surface area contributed by atoms with Crippen LogP contribution >= 0.6 is 0 Å². The lowest BCUT2D eigenvalue weighted by atomic mass is 9.88. The van der Waals surface area contributed by atoms with Crippen LogP contribution in [0.4, 0.5) is 5.69 Å². The first-order valence-corrected chi connectivity index (χ1v) is 12.4. The molecule has 4 aromatic rings. The maximum absolute atomic E-state index is 12.2. The summed E-state index contributed by atoms with van der Waals surface area (Å²) in [6.45, 7) is 5.77. The van der Waals surface area contributed by atoms with Gasteiger partial charge >= 0.3 is 0 Å². The minimum Gasteiger partial charge on any atom is -0.454 e. The lowest BCUT2D eigenvalue weighted by Crippen LogP contribution is -2.42. The van der Waals surface area contributed by atoms with E-state index >= 15 is 0 Å². The number of aromatic nitrogens is 1. The zero-order chi connectivity index (χ0) is 26.1. The van der Waals surface area contributed by atoms with Crippen LogP contribution < -0.4 is 5.32 Å². The fourth-order valence-corrected chi connectivity index (χ4v) is 4.95. The van der Waals surface area contributed by atoms with Gasteiger partial charge < -0.3 is 19.4 Å². The normalized spacial score (nSPS) is 19.4. The lowest BCUT2D eigenvalue weighted by Gasteiger charge is -2.36. The van der Waals surface area contributed by atoms with Crippen LogP contribution in [0.2, 0.25) is 0 Å². The molecule has 0 saturated carbocycles. The van der Waals surface area contributed by atoms with Crippen molar-refractivity contribution in [3.8, 4) is 28.5 Å². The molecule has 5 rings (SSSR count). The Labute approximate surface area is 216 Å². The molecule has 0 radical (unpaired) electrons. The van der Waals surface area contributed by atoms with Gasteiger partial charge in [-0.3, -0.25) is 9.78 Å². The van der Waals surface area contributed by atoms with E-state index in [-0.39, 0.29) is 11.9 Å². The molecule has 188 valence electrons. The molecule has 3 heterocycles. The van der Waals surface area contributed by atoms with E-state index in [1.54, 1.807) is 37.3 Å². The van der Waals surface area contributed by atoms with Gasteiger partial charge in [0.2, 0.25) is 0 Å². The monoisotopic (exact) mass is 494 g/mol. The Morgan fingerprint density at radius 3 is 2.41 bits per heavy atom. The van der Waals surface area contributed by atoms with Crippen LogP contribution in [-0.2, 0) is 4.74 Å². The highest BCUT2D eigenvalue weighted by Gasteiger charge is 2.29. The third kappa shape index (κ3) is 4.81. The second-order valence-electron chi connectivity index (χ2n) is 9.99. The molecule has 2 aromatic carbocycles. The predicted molar refractivity (Wildman–Crippen MR) is 144 cm³/mol. The summed E-state index contributed by atoms with van der Waals surface area (Å²) in [5.41, 5.74) is 6.02. The number of nitriles is 1. The van der Waals surface area contributed by atoms with Gasteiger partial charge in [0.1, 0.15) is 17.3 Å². The van der Waals surface area contributed by atoms with Crippen molar-refractivity contribution in [1.82, 2.24) is 9.88 Å². The van der Waals surface area contributed by atoms with E-state index in [0.29, 0.717) is 47.5 Å². The van der Waals surface area contributed by atoms with Gasteiger partial charge in [0.15, 0.2) is 5.58 Å². The number of hydrogen-bond acceptors (Lipinski definition) is 6. The highest BCUT2D eigenvalue weighted by molar-refractivity contribution is 5.95. The van der Waals surface area contributed by atoms with Crippen LogP contribution in [0.25, 0.3) is 33.6 Å². The highest BCUT2D eigenvalue weighted by atomic mass is 16.5. The Morgan fingerprint density at radius 1 is 1.03 bits per heavy atom. The zero-order valence-corrected chi connectivity index (χ0v) is 21.5. The number of benzene rings is 2. The van der Waals surface area contributed by atoms with E-state index in [0.717, 1.165) is 27.9 Å². The zero-order valence-electron chi connectivity index (χ0n) is 21.5. The number of hydrogen-bond donors (Lipinski definition) is 1. The summed E-state index contributed by atoms with van der Waals surface area (Å²) in [5, 5.41) is 13.5. The van der Waals surface area contributed by atoms with Crippen LogP contribution in [0.15, 0.2) is 65.2 Å². The maximum atomic E-state index is 12.2. The first-order valence-electron chi connectivity index (χ1n) is 12.4. The number of nitrogens with one attached hydrogen (secondary N) is 1. The van der Waals surface area contributed by atoms with E-state index in [1.807, 2.05) is 42.5 Å². The standard InChI is InChI=1S/C30H30N4O3/c1-18-16-36-17-19(2)28(18)33-25-10-9-22(13-23(25)15-31)24-11-12-32-26-14-27(37-29(24)26)20-5-7-21(8-6-20)30(35)34(3)4/h5-14,18-19,28,33H,16-17H2,1-4H3. The quantitative estimate of drug-likeness (QED) is 0.376. The van der Waals surface area contributed by atoms with Crippen molar-refractivity contribution in [1.29, 1.82) is 5.26 Å². The van der Waals surface area contributed by atoms with Crippen LogP contribution in [0.3, 0.4) is 0 Å². The number of amides is 1. The van der Waals surface area contributed by atoms with Gasteiger partial charge in [-0.1, -0.05) is 32.0 Å². The molecule has 37 heavy (non-hydrogen) atoms. The van der Waals surface area contributed by atoms with Crippen LogP contribution in [0, 0.1) is 23.2 Å². The van der Waals surface area contributed by atoms with Crippen molar-refractivity contribution >= 4 is 22.7 Å². The van der Waals surface area contributed by atoms with Crippen molar-refractivity contribution in [3.63, 3.8) is 0 Å². The Kier molecular flexibility index (Phi) is 6.68. The number of carbonyl (C=O) groups excluding carboxylic acids is 1. The van der Waals surface area contributed by atoms with Crippen molar-refractivity contribution < 1.29 is 13.9 Å². The van der Waals surface area contributed by atoms with E-state index in [4.69, 9.17) is 9.15 Å². The molecule has 1 saturated heterocycles. The van der Waals surface area contributed by atoms with E-state index < -0.39 is 0 Å². The summed E-state index contributed by atoms with van der Waals surface area (Å²) >= 11 is 0. The molecule has 0 aliphatic carbocycles. The maximum Gasteiger partial charge on any atom is 0.253 e. The fraction of sp³-hybridized carbons (Fsp3) is 0.300. The van der Waals surface area contributed by atoms with Gasteiger partial charge in [-0.2, -0.15) is 5.26 Å². The number of pyridine rings is 1. The fourth-order valence-electron chi connectivity index (χ4n) is 4.95. The number of fused-ring (bicyclic) bond motifs is 1. The number of nitrogens with zero attached hydrogens (tertiary/aromatic N) is 3. The minimum absolute atomic E-state index is 0.0490. The largest absolute Gasteiger partial charge is 0.454 e. The molecule has 2 atom stereocenters. The first kappa shape index (κ1) is 24.5. The number of anilines is 1. The van der Waals surface area contributed by atoms with Crippen molar-refractivity contribution in [2.45, 2.75) is 19.9 Å². The summed E-state index contributed by atoms with van der Waals surface area (Å²) in [6, 6.07) is 19.6. The number of furan rings is 1. The van der Waals surface area contributed by atoms with Crippen molar-refractivity contribution in [3.05, 3.63) is 71.9 Å². The molecule has 1 fully saturated rings. The smallest absolute Gasteiger partial charge is 0.253 e. The molecular weight excluding hydrogens is 464 g/mol. The molecule has 2 unspecified atom stereocenters. The van der Waals surface area contributed by atoms with Gasteiger partial charge in [0, 0.05) is 49.1 Å². The van der Waals surface area contributed by atoms with E-state index in [9.17, 15) is 10.1 Å². The summed E-state index contributed by atoms with van der Waals surface area (Å²) in [5.74, 6) is 1.32. The summed E-state index contributed by atoms with van der Waals surface area (Å²) in [7, 11) is 3.46. The summed E-state index contributed by atoms with van der Waals surface area (Å²) < 4.78 is 11.9. The average Bonchev–Trinajstić information content (AvgIpc) is 3.35. The molecular formula is C30H30N4O3. The highest BCUT2D eigenvalue weighted by Crippen LogP contribution is 2.35. The van der Waals surface area contributed by atoms with Gasteiger partial charge in [-0.25, -0.2) is 0 Å². The van der Waals surface area contributed by atoms with E-state index in [2.05, 4.69) is 30.2 Å². The molecule has 7 heteroatoms. The number of ether oxygens (including phenoxy) is 1. The minimum atomic E-state index is -0.0490. The second kappa shape index (κ2) is 10.1. The van der Waals surface area contributed by atoms with Gasteiger partial charge in [0.05, 0.1) is 24.5 Å². The van der Waals surface area contributed by atoms with Crippen LogP contribution in [-0.4, -0.2) is 49.1 Å². The van der Waals surface area contributed by atoms with Crippen molar-refractivity contribution in [2.75, 3.05) is 32.6 Å². The third-order valence-electron chi connectivity index (χ3n) is 7.00. The van der Waals surface area contributed by atoms with Crippen LogP contribution in [0.5, 0.6) is 0 Å². The molecule has 0 bridgehead atoms. The lowest BCUT2D eigenvalue weighted by molar-refractivity contribution is 0.0184.